The van der Waals surface area contributed by atoms with Crippen LogP contribution in [0.4, 0.5) is 0 Å². The van der Waals surface area contributed by atoms with Gasteiger partial charge < -0.3 is 5.11 Å². The van der Waals surface area contributed by atoms with E-state index in [2.05, 4.69) is 22.8 Å². The van der Waals surface area contributed by atoms with Crippen molar-refractivity contribution in [2.75, 3.05) is 12.4 Å². The molecule has 56 valence electrons. The van der Waals surface area contributed by atoms with Gasteiger partial charge in [-0.1, -0.05) is 23.1 Å². The third-order valence-corrected chi connectivity index (χ3v) is 2.92. The maximum Gasteiger partial charge on any atom is 0.175 e. The van der Waals surface area contributed by atoms with E-state index in [0.29, 0.717) is 10.1 Å². The Hall–Kier alpha value is 0.220. The lowest BCUT2D eigenvalue weighted by Crippen LogP contribution is -1.84. The zero-order chi connectivity index (χ0) is 7.40. The normalized spacial score (nSPS) is 10.2. The molecule has 0 spiro atoms. The van der Waals surface area contributed by atoms with E-state index in [4.69, 9.17) is 5.11 Å². The zero-order valence-corrected chi connectivity index (χ0v) is 7.55. The number of hydrogen-bond donors (Lipinski definition) is 2. The zero-order valence-electron chi connectivity index (χ0n) is 5.02. The van der Waals surface area contributed by atoms with Crippen molar-refractivity contribution in [1.82, 2.24) is 10.2 Å². The van der Waals surface area contributed by atoms with E-state index in [0.717, 1.165) is 4.34 Å². The van der Waals surface area contributed by atoms with Crippen LogP contribution >= 0.6 is 35.7 Å². The van der Waals surface area contributed by atoms with Crippen LogP contribution in [0.15, 0.2) is 8.68 Å². The summed E-state index contributed by atoms with van der Waals surface area (Å²) < 4.78 is 1.53. The average Bonchev–Trinajstić information content (AvgIpc) is 2.31. The molecule has 1 aromatic heterocycles. The summed E-state index contributed by atoms with van der Waals surface area (Å²) in [5.74, 6) is 0.669. The molecule has 0 bridgehead atoms. The maximum atomic E-state index is 8.45. The van der Waals surface area contributed by atoms with Crippen LogP contribution < -0.4 is 0 Å². The first-order valence-corrected chi connectivity index (χ1v) is 4.84. The Kier molecular flexibility index (Phi) is 3.47. The highest BCUT2D eigenvalue weighted by atomic mass is 32.2. The Labute approximate surface area is 72.3 Å². The minimum absolute atomic E-state index is 0.173. The van der Waals surface area contributed by atoms with Crippen molar-refractivity contribution in [2.24, 2.45) is 0 Å². The van der Waals surface area contributed by atoms with Gasteiger partial charge in [-0.3, -0.25) is 0 Å². The number of thioether (sulfide) groups is 1. The summed E-state index contributed by atoms with van der Waals surface area (Å²) in [7, 11) is 0. The van der Waals surface area contributed by atoms with Crippen LogP contribution in [-0.2, 0) is 0 Å². The smallest absolute Gasteiger partial charge is 0.175 e. The summed E-state index contributed by atoms with van der Waals surface area (Å²) >= 11 is 6.91. The van der Waals surface area contributed by atoms with Gasteiger partial charge in [0, 0.05) is 5.75 Å². The van der Waals surface area contributed by atoms with Crippen LogP contribution in [0.2, 0.25) is 0 Å². The Bertz CT molecular complexity index is 202. The van der Waals surface area contributed by atoms with Crippen LogP contribution in [-0.4, -0.2) is 27.7 Å². The molecule has 0 aliphatic heterocycles. The van der Waals surface area contributed by atoms with Gasteiger partial charge >= 0.3 is 0 Å². The molecule has 0 fully saturated rings. The summed E-state index contributed by atoms with van der Waals surface area (Å²) in [5.41, 5.74) is 0. The Balaban J connectivity index is 2.42. The number of nitrogens with zero attached hydrogens (tertiary/aromatic N) is 2. The van der Waals surface area contributed by atoms with Crippen molar-refractivity contribution in [3.8, 4) is 0 Å². The Morgan fingerprint density at radius 2 is 2.40 bits per heavy atom. The average molecular weight is 194 g/mol. The van der Waals surface area contributed by atoms with Gasteiger partial charge in [0.05, 0.1) is 6.61 Å². The van der Waals surface area contributed by atoms with Crippen LogP contribution in [0, 0.1) is 0 Å². The number of hydrogen-bond acceptors (Lipinski definition) is 6. The molecule has 0 saturated carbocycles. The highest BCUT2D eigenvalue weighted by molar-refractivity contribution is 8.01. The van der Waals surface area contributed by atoms with Crippen molar-refractivity contribution in [3.63, 3.8) is 0 Å². The molecule has 0 atom stereocenters. The Morgan fingerprint density at radius 1 is 1.60 bits per heavy atom. The van der Waals surface area contributed by atoms with Crippen LogP contribution in [0.3, 0.4) is 0 Å². The molecule has 0 saturated heterocycles. The van der Waals surface area contributed by atoms with E-state index >= 15 is 0 Å². The summed E-state index contributed by atoms with van der Waals surface area (Å²) in [5, 5.41) is 15.9. The van der Waals surface area contributed by atoms with Crippen LogP contribution in [0.5, 0.6) is 0 Å². The molecule has 0 radical (unpaired) electrons. The SMILES string of the molecule is OCCSc1nnc(S)s1. The quantitative estimate of drug-likeness (QED) is 0.554. The molecule has 0 amide bonds. The van der Waals surface area contributed by atoms with Crippen molar-refractivity contribution in [3.05, 3.63) is 0 Å². The van der Waals surface area contributed by atoms with Gasteiger partial charge in [0.15, 0.2) is 8.68 Å². The van der Waals surface area contributed by atoms with E-state index in [1.165, 1.54) is 23.1 Å². The molecular formula is C4H6N2OS3. The lowest BCUT2D eigenvalue weighted by atomic mass is 10.9. The topological polar surface area (TPSA) is 46.0 Å². The molecule has 6 heteroatoms. The van der Waals surface area contributed by atoms with Gasteiger partial charge in [0.2, 0.25) is 0 Å². The number of aliphatic hydroxyl groups excluding tert-OH is 1. The van der Waals surface area contributed by atoms with Crippen molar-refractivity contribution < 1.29 is 5.11 Å². The second-order valence-corrected chi connectivity index (χ2v) is 4.47. The van der Waals surface area contributed by atoms with Gasteiger partial charge in [0.25, 0.3) is 0 Å². The first-order chi connectivity index (χ1) is 4.83. The fraction of sp³-hybridized carbons (Fsp3) is 0.500. The molecule has 10 heavy (non-hydrogen) atoms. The standard InChI is InChI=1S/C4H6N2OS3/c7-1-2-9-4-6-5-3(8)10-4/h7H,1-2H2,(H,5,8). The number of aliphatic hydroxyl groups is 1. The highest BCUT2D eigenvalue weighted by Crippen LogP contribution is 2.23. The fourth-order valence-electron chi connectivity index (χ4n) is 0.394. The van der Waals surface area contributed by atoms with Gasteiger partial charge in [0.1, 0.15) is 0 Å². The summed E-state index contributed by atoms with van der Waals surface area (Å²) in [6.45, 7) is 0.173. The maximum absolute atomic E-state index is 8.45. The second-order valence-electron chi connectivity index (χ2n) is 1.42. The molecule has 0 aliphatic rings. The minimum atomic E-state index is 0.173. The predicted octanol–water partition coefficient (Wildman–Crippen LogP) is 0.911. The minimum Gasteiger partial charge on any atom is -0.396 e. The summed E-state index contributed by atoms with van der Waals surface area (Å²) in [4.78, 5) is 0. The lowest BCUT2D eigenvalue weighted by molar-refractivity contribution is 0.322. The molecule has 1 rings (SSSR count). The van der Waals surface area contributed by atoms with E-state index in [-0.39, 0.29) is 6.61 Å². The monoisotopic (exact) mass is 194 g/mol. The predicted molar refractivity (Wildman–Crippen MR) is 45.0 cm³/mol. The highest BCUT2D eigenvalue weighted by Gasteiger charge is 1.99. The van der Waals surface area contributed by atoms with Crippen molar-refractivity contribution >= 4 is 35.7 Å². The largest absolute Gasteiger partial charge is 0.396 e. The van der Waals surface area contributed by atoms with Crippen molar-refractivity contribution in [1.29, 1.82) is 0 Å². The molecule has 0 aromatic carbocycles. The lowest BCUT2D eigenvalue weighted by Gasteiger charge is -1.87. The summed E-state index contributed by atoms with van der Waals surface area (Å²) in [6.07, 6.45) is 0. The van der Waals surface area contributed by atoms with Gasteiger partial charge in [-0.25, -0.2) is 0 Å². The van der Waals surface area contributed by atoms with Crippen LogP contribution in [0.1, 0.15) is 0 Å². The number of aromatic nitrogens is 2. The van der Waals surface area contributed by atoms with Gasteiger partial charge in [-0.2, -0.15) is 0 Å². The first-order valence-electron chi connectivity index (χ1n) is 2.59. The van der Waals surface area contributed by atoms with Gasteiger partial charge in [-0.15, -0.1) is 22.8 Å². The van der Waals surface area contributed by atoms with Gasteiger partial charge in [-0.05, 0) is 0 Å². The molecule has 0 aliphatic carbocycles. The third-order valence-electron chi connectivity index (χ3n) is 0.713. The third kappa shape index (κ3) is 2.45. The molecular weight excluding hydrogens is 188 g/mol. The summed E-state index contributed by atoms with van der Waals surface area (Å²) in [6, 6.07) is 0. The Morgan fingerprint density at radius 3 is 2.90 bits per heavy atom. The van der Waals surface area contributed by atoms with E-state index in [1.807, 2.05) is 0 Å². The number of thiol groups is 1. The molecule has 1 aromatic rings. The van der Waals surface area contributed by atoms with E-state index in [9.17, 15) is 0 Å². The molecule has 0 unspecified atom stereocenters. The molecule has 1 heterocycles. The van der Waals surface area contributed by atoms with E-state index in [1.54, 1.807) is 0 Å². The molecule has 1 N–H and O–H groups in total. The fourth-order valence-corrected chi connectivity index (χ4v) is 2.29. The second kappa shape index (κ2) is 4.17. The van der Waals surface area contributed by atoms with E-state index < -0.39 is 0 Å². The number of rotatable bonds is 3. The molecule has 3 nitrogen and oxygen atoms in total. The van der Waals surface area contributed by atoms with Crippen molar-refractivity contribution in [2.45, 2.75) is 8.68 Å². The first kappa shape index (κ1) is 8.32. The van der Waals surface area contributed by atoms with Crippen LogP contribution in [0.25, 0.3) is 0 Å².